The van der Waals surface area contributed by atoms with Crippen molar-refractivity contribution in [1.29, 1.82) is 0 Å². The van der Waals surface area contributed by atoms with Gasteiger partial charge in [-0.25, -0.2) is 4.98 Å². The van der Waals surface area contributed by atoms with Gasteiger partial charge in [0.1, 0.15) is 18.0 Å². The highest BCUT2D eigenvalue weighted by Gasteiger charge is 2.30. The smallest absolute Gasteiger partial charge is 0.143 e. The van der Waals surface area contributed by atoms with Crippen LogP contribution in [-0.4, -0.2) is 47.4 Å². The zero-order valence-electron chi connectivity index (χ0n) is 16.8. The van der Waals surface area contributed by atoms with E-state index in [9.17, 15) is 0 Å². The van der Waals surface area contributed by atoms with Gasteiger partial charge in [-0.05, 0) is 35.9 Å². The standard InChI is InChI=1S/C25H20N4O2/c1(17-5-7-26-8-6-17)2-19-13-27-25-22(19)11-20(14-28-25)18-3-4-23-24(12-18)31-16-21-15-30-10-9-29(21)23/h3-8,11-14,21H,9-10,15-16H2,(H,27,28). The average Bonchev–Trinajstić information content (AvgIpc) is 3.25. The van der Waals surface area contributed by atoms with Crippen molar-refractivity contribution in [1.82, 2.24) is 15.0 Å². The van der Waals surface area contributed by atoms with E-state index in [0.717, 1.165) is 64.5 Å². The molecule has 0 radical (unpaired) electrons. The van der Waals surface area contributed by atoms with Crippen molar-refractivity contribution >= 4 is 16.7 Å². The summed E-state index contributed by atoms with van der Waals surface area (Å²) in [7, 11) is 0. The molecule has 1 N–H and O–H groups in total. The van der Waals surface area contributed by atoms with Crippen LogP contribution in [-0.2, 0) is 4.74 Å². The van der Waals surface area contributed by atoms with Crippen molar-refractivity contribution in [3.05, 3.63) is 72.3 Å². The second-order valence-electron chi connectivity index (χ2n) is 7.72. The van der Waals surface area contributed by atoms with Gasteiger partial charge in [0, 0.05) is 47.8 Å². The second kappa shape index (κ2) is 7.46. The van der Waals surface area contributed by atoms with Crippen molar-refractivity contribution in [2.24, 2.45) is 0 Å². The lowest BCUT2D eigenvalue weighted by Gasteiger charge is -2.41. The van der Waals surface area contributed by atoms with Crippen LogP contribution in [0.15, 0.2) is 61.2 Å². The Bertz CT molecular complexity index is 1320. The first-order valence-electron chi connectivity index (χ1n) is 10.4. The van der Waals surface area contributed by atoms with E-state index >= 15 is 0 Å². The summed E-state index contributed by atoms with van der Waals surface area (Å²) in [5.41, 5.74) is 5.94. The first-order valence-corrected chi connectivity index (χ1v) is 10.4. The Morgan fingerprint density at radius 3 is 2.90 bits per heavy atom. The van der Waals surface area contributed by atoms with E-state index < -0.39 is 0 Å². The van der Waals surface area contributed by atoms with Crippen LogP contribution in [0, 0.1) is 11.8 Å². The van der Waals surface area contributed by atoms with Crippen molar-refractivity contribution in [2.45, 2.75) is 6.04 Å². The molecule has 2 aliphatic rings. The molecular weight excluding hydrogens is 388 g/mol. The summed E-state index contributed by atoms with van der Waals surface area (Å²) in [4.78, 5) is 14.3. The molecule has 6 nitrogen and oxygen atoms in total. The Hall–Kier alpha value is -3.82. The molecule has 2 aliphatic heterocycles. The summed E-state index contributed by atoms with van der Waals surface area (Å²) >= 11 is 0. The molecule has 1 fully saturated rings. The van der Waals surface area contributed by atoms with Crippen LogP contribution in [0.5, 0.6) is 5.75 Å². The van der Waals surface area contributed by atoms with Crippen molar-refractivity contribution in [2.75, 3.05) is 31.3 Å². The number of aromatic amines is 1. The molecule has 5 heterocycles. The van der Waals surface area contributed by atoms with E-state index in [-0.39, 0.29) is 0 Å². The van der Waals surface area contributed by atoms with Crippen LogP contribution >= 0.6 is 0 Å². The highest BCUT2D eigenvalue weighted by molar-refractivity contribution is 5.87. The van der Waals surface area contributed by atoms with E-state index in [1.807, 2.05) is 24.5 Å². The molecule has 1 saturated heterocycles. The fourth-order valence-electron chi connectivity index (χ4n) is 4.18. The maximum atomic E-state index is 6.06. The van der Waals surface area contributed by atoms with Gasteiger partial charge in [0.05, 0.1) is 30.5 Å². The predicted molar refractivity (Wildman–Crippen MR) is 119 cm³/mol. The number of nitrogens with one attached hydrogen (secondary N) is 1. The molecule has 0 amide bonds. The van der Waals surface area contributed by atoms with Crippen molar-refractivity contribution in [3.63, 3.8) is 0 Å². The highest BCUT2D eigenvalue weighted by Crippen LogP contribution is 2.38. The quantitative estimate of drug-likeness (QED) is 0.488. The molecule has 0 spiro atoms. The fourth-order valence-corrected chi connectivity index (χ4v) is 4.18. The maximum Gasteiger partial charge on any atom is 0.143 e. The lowest BCUT2D eigenvalue weighted by Crippen LogP contribution is -2.51. The molecule has 4 aromatic rings. The molecule has 31 heavy (non-hydrogen) atoms. The summed E-state index contributed by atoms with van der Waals surface area (Å²) in [6.45, 7) is 3.03. The molecule has 0 saturated carbocycles. The largest absolute Gasteiger partial charge is 0.489 e. The summed E-state index contributed by atoms with van der Waals surface area (Å²) < 4.78 is 11.7. The minimum absolute atomic E-state index is 0.298. The second-order valence-corrected chi connectivity index (χ2v) is 7.72. The summed E-state index contributed by atoms with van der Waals surface area (Å²) in [6, 6.07) is 12.6. The van der Waals surface area contributed by atoms with Gasteiger partial charge in [-0.2, -0.15) is 0 Å². The number of benzene rings is 1. The van der Waals surface area contributed by atoms with E-state index in [2.05, 4.69) is 56.0 Å². The SMILES string of the molecule is C(#Cc1c[nH]c2ncc(-c3ccc4c(c3)OCC3COCCN43)cc12)c1ccncc1. The number of hydrogen-bond acceptors (Lipinski definition) is 5. The monoisotopic (exact) mass is 408 g/mol. The number of aromatic nitrogens is 3. The third-order valence-corrected chi connectivity index (χ3v) is 5.81. The number of H-pyrrole nitrogens is 1. The van der Waals surface area contributed by atoms with Crippen LogP contribution in [0.3, 0.4) is 0 Å². The molecule has 152 valence electrons. The lowest BCUT2D eigenvalue weighted by molar-refractivity contribution is 0.0705. The number of hydrogen-bond donors (Lipinski definition) is 1. The van der Waals surface area contributed by atoms with Gasteiger partial charge in [0.15, 0.2) is 0 Å². The molecule has 6 heteroatoms. The number of morpholine rings is 1. The Morgan fingerprint density at radius 1 is 1.03 bits per heavy atom. The zero-order valence-corrected chi connectivity index (χ0v) is 16.8. The van der Waals surface area contributed by atoms with Crippen LogP contribution in [0.1, 0.15) is 11.1 Å². The number of rotatable bonds is 1. The fraction of sp³-hybridized carbons (Fsp3) is 0.200. The Morgan fingerprint density at radius 2 is 1.97 bits per heavy atom. The summed E-state index contributed by atoms with van der Waals surface area (Å²) in [5, 5.41) is 1.01. The number of fused-ring (bicyclic) bond motifs is 4. The molecule has 3 aromatic heterocycles. The topological polar surface area (TPSA) is 63.3 Å². The van der Waals surface area contributed by atoms with Crippen LogP contribution < -0.4 is 9.64 Å². The highest BCUT2D eigenvalue weighted by atomic mass is 16.5. The molecular formula is C25H20N4O2. The van der Waals surface area contributed by atoms with E-state index in [4.69, 9.17) is 9.47 Å². The third-order valence-electron chi connectivity index (χ3n) is 5.81. The Labute approximate surface area is 179 Å². The number of ether oxygens (including phenoxy) is 2. The van der Waals surface area contributed by atoms with Crippen LogP contribution in [0.2, 0.25) is 0 Å². The van der Waals surface area contributed by atoms with E-state index in [1.54, 1.807) is 12.4 Å². The van der Waals surface area contributed by atoms with Gasteiger partial charge in [0.25, 0.3) is 0 Å². The minimum atomic E-state index is 0.298. The summed E-state index contributed by atoms with van der Waals surface area (Å²) in [6.07, 6.45) is 7.29. The van der Waals surface area contributed by atoms with Gasteiger partial charge in [-0.1, -0.05) is 17.9 Å². The van der Waals surface area contributed by atoms with E-state index in [1.165, 1.54) is 0 Å². The lowest BCUT2D eigenvalue weighted by atomic mass is 10.0. The molecule has 0 bridgehead atoms. The van der Waals surface area contributed by atoms with Gasteiger partial charge in [0.2, 0.25) is 0 Å². The molecule has 0 aliphatic carbocycles. The first-order chi connectivity index (χ1) is 15.3. The first kappa shape index (κ1) is 18.0. The van der Waals surface area contributed by atoms with Crippen molar-refractivity contribution < 1.29 is 9.47 Å². The van der Waals surface area contributed by atoms with E-state index in [0.29, 0.717) is 12.6 Å². The van der Waals surface area contributed by atoms with Crippen molar-refractivity contribution in [3.8, 4) is 28.7 Å². The van der Waals surface area contributed by atoms with Gasteiger partial charge < -0.3 is 19.4 Å². The third kappa shape index (κ3) is 3.29. The molecule has 6 rings (SSSR count). The normalized spacial score (nSPS) is 17.3. The number of nitrogens with zero attached hydrogens (tertiary/aromatic N) is 3. The maximum absolute atomic E-state index is 6.06. The zero-order chi connectivity index (χ0) is 20.6. The molecule has 1 atom stereocenters. The predicted octanol–water partition coefficient (Wildman–Crippen LogP) is 3.62. The van der Waals surface area contributed by atoms with Gasteiger partial charge in [-0.3, -0.25) is 4.98 Å². The minimum Gasteiger partial charge on any atom is -0.489 e. The molecule has 1 aromatic carbocycles. The summed E-state index contributed by atoms with van der Waals surface area (Å²) in [5.74, 6) is 7.36. The Kier molecular flexibility index (Phi) is 4.33. The Balaban J connectivity index is 1.36. The van der Waals surface area contributed by atoms with Crippen LogP contribution in [0.4, 0.5) is 5.69 Å². The van der Waals surface area contributed by atoms with Crippen LogP contribution in [0.25, 0.3) is 22.2 Å². The number of anilines is 1. The van der Waals surface area contributed by atoms with Gasteiger partial charge >= 0.3 is 0 Å². The molecule has 1 unspecified atom stereocenters. The van der Waals surface area contributed by atoms with Gasteiger partial charge in [-0.15, -0.1) is 0 Å². The average molecular weight is 408 g/mol. The number of pyridine rings is 2.